The lowest BCUT2D eigenvalue weighted by molar-refractivity contribution is -0.183. The van der Waals surface area contributed by atoms with Crippen LogP contribution in [0.4, 0.5) is 0 Å². The van der Waals surface area contributed by atoms with Gasteiger partial charge in [-0.05, 0) is 18.1 Å². The topological polar surface area (TPSA) is 51.5 Å². The van der Waals surface area contributed by atoms with E-state index in [1.54, 1.807) is 0 Å². The molecule has 0 unspecified atom stereocenters. The average Bonchev–Trinajstić information content (AvgIpc) is 2.68. The number of rotatable bonds is 5. The molecule has 128 valence electrons. The molecule has 0 aromatic heterocycles. The van der Waals surface area contributed by atoms with Crippen LogP contribution in [0.3, 0.4) is 0 Å². The maximum atomic E-state index is 9.56. The first-order valence-corrected chi connectivity index (χ1v) is 8.33. The van der Waals surface area contributed by atoms with Crippen LogP contribution in [0, 0.1) is 11.3 Å². The van der Waals surface area contributed by atoms with Crippen LogP contribution >= 0.6 is 0 Å². The molecule has 1 aliphatic heterocycles. The average molecular weight is 335 g/mol. The Labute approximate surface area is 148 Å². The highest BCUT2D eigenvalue weighted by Crippen LogP contribution is 2.38. The van der Waals surface area contributed by atoms with Gasteiger partial charge in [0.15, 0.2) is 0 Å². The molecule has 25 heavy (non-hydrogen) atoms. The maximum Gasteiger partial charge on any atom is 0.296 e. The molecular formula is C21H21NO3. The normalized spacial score (nSPS) is 21.2. The molecule has 0 saturated heterocycles. The van der Waals surface area contributed by atoms with Crippen molar-refractivity contribution in [2.45, 2.75) is 31.7 Å². The number of allylic oxidation sites excluding steroid dienone is 1. The number of methoxy groups -OCH3 is 1. The molecule has 0 radical (unpaired) electrons. The second-order valence-corrected chi connectivity index (χ2v) is 5.95. The fraction of sp³-hybridized carbons (Fsp3) is 0.286. The van der Waals surface area contributed by atoms with Crippen molar-refractivity contribution in [1.29, 1.82) is 5.26 Å². The predicted octanol–water partition coefficient (Wildman–Crippen LogP) is 4.68. The van der Waals surface area contributed by atoms with Gasteiger partial charge in [0.2, 0.25) is 6.29 Å². The Morgan fingerprint density at radius 3 is 2.32 bits per heavy atom. The SMILES string of the molecule is COC1=C(C#N)[C@@H](c2ccccc2)C[C@@H](O[C@@H](C)c2ccccc2)O1. The van der Waals surface area contributed by atoms with E-state index >= 15 is 0 Å². The van der Waals surface area contributed by atoms with Crippen LogP contribution in [0.1, 0.15) is 36.5 Å². The van der Waals surface area contributed by atoms with E-state index in [2.05, 4.69) is 6.07 Å². The summed E-state index contributed by atoms with van der Waals surface area (Å²) >= 11 is 0. The molecule has 3 atom stereocenters. The van der Waals surface area contributed by atoms with Crippen LogP contribution in [0.5, 0.6) is 0 Å². The highest BCUT2D eigenvalue weighted by Gasteiger charge is 2.34. The van der Waals surface area contributed by atoms with E-state index < -0.39 is 6.29 Å². The van der Waals surface area contributed by atoms with Gasteiger partial charge in [-0.25, -0.2) is 0 Å². The molecular weight excluding hydrogens is 314 g/mol. The monoisotopic (exact) mass is 335 g/mol. The standard InChI is InChI=1S/C21H21NO3/c1-15(16-9-5-3-6-10-16)24-20-13-18(17-11-7-4-8-12-17)19(14-22)21(23-2)25-20/h3-12,15,18,20H,13H2,1-2H3/t15-,18+,20-/m0/s1. The lowest BCUT2D eigenvalue weighted by atomic mass is 9.87. The van der Waals surface area contributed by atoms with Gasteiger partial charge in [-0.15, -0.1) is 0 Å². The summed E-state index contributed by atoms with van der Waals surface area (Å²) in [5.41, 5.74) is 2.63. The Bertz CT molecular complexity index is 765. The molecule has 3 rings (SSSR count). The van der Waals surface area contributed by atoms with Crippen LogP contribution in [0.25, 0.3) is 0 Å². The molecule has 0 fully saturated rings. The second-order valence-electron chi connectivity index (χ2n) is 5.95. The quantitative estimate of drug-likeness (QED) is 0.796. The maximum absolute atomic E-state index is 9.56. The first kappa shape index (κ1) is 17.1. The van der Waals surface area contributed by atoms with Crippen LogP contribution in [0.15, 0.2) is 72.2 Å². The molecule has 4 heteroatoms. The van der Waals surface area contributed by atoms with Gasteiger partial charge in [0.1, 0.15) is 11.6 Å². The fourth-order valence-corrected chi connectivity index (χ4v) is 3.07. The Balaban J connectivity index is 1.84. The fourth-order valence-electron chi connectivity index (χ4n) is 3.07. The summed E-state index contributed by atoms with van der Waals surface area (Å²) in [6.45, 7) is 1.99. The Hall–Kier alpha value is -2.77. The van der Waals surface area contributed by atoms with Gasteiger partial charge < -0.3 is 14.2 Å². The van der Waals surface area contributed by atoms with Gasteiger partial charge in [-0.2, -0.15) is 5.26 Å². The minimum atomic E-state index is -0.479. The lowest BCUT2D eigenvalue weighted by Gasteiger charge is -2.32. The second kappa shape index (κ2) is 7.87. The van der Waals surface area contributed by atoms with Crippen molar-refractivity contribution in [2.75, 3.05) is 7.11 Å². The van der Waals surface area contributed by atoms with Gasteiger partial charge in [0.05, 0.1) is 13.2 Å². The van der Waals surface area contributed by atoms with Crippen molar-refractivity contribution in [2.24, 2.45) is 0 Å². The summed E-state index contributed by atoms with van der Waals surface area (Å²) in [5, 5.41) is 9.56. The van der Waals surface area contributed by atoms with Crippen molar-refractivity contribution < 1.29 is 14.2 Å². The minimum absolute atomic E-state index is 0.108. The van der Waals surface area contributed by atoms with Gasteiger partial charge in [-0.1, -0.05) is 60.7 Å². The largest absolute Gasteiger partial charge is 0.468 e. The Kier molecular flexibility index (Phi) is 5.37. The minimum Gasteiger partial charge on any atom is -0.468 e. The highest BCUT2D eigenvalue weighted by atomic mass is 16.8. The number of hydrogen-bond acceptors (Lipinski definition) is 4. The van der Waals surface area contributed by atoms with Crippen LogP contribution in [0.2, 0.25) is 0 Å². The van der Waals surface area contributed by atoms with Crippen LogP contribution in [-0.2, 0) is 14.2 Å². The van der Waals surface area contributed by atoms with E-state index in [0.717, 1.165) is 11.1 Å². The molecule has 2 aromatic rings. The summed E-state index contributed by atoms with van der Waals surface area (Å²) in [6.07, 6.45) is -0.0338. The predicted molar refractivity (Wildman–Crippen MR) is 94.3 cm³/mol. The van der Waals surface area contributed by atoms with E-state index in [1.165, 1.54) is 7.11 Å². The number of ether oxygens (including phenoxy) is 3. The molecule has 0 saturated carbocycles. The van der Waals surface area contributed by atoms with E-state index in [9.17, 15) is 5.26 Å². The van der Waals surface area contributed by atoms with Gasteiger partial charge >= 0.3 is 0 Å². The molecule has 4 nitrogen and oxygen atoms in total. The first-order chi connectivity index (χ1) is 12.2. The Morgan fingerprint density at radius 1 is 1.08 bits per heavy atom. The van der Waals surface area contributed by atoms with Crippen molar-refractivity contribution >= 4 is 0 Å². The van der Waals surface area contributed by atoms with E-state index in [4.69, 9.17) is 14.2 Å². The van der Waals surface area contributed by atoms with Crippen LogP contribution < -0.4 is 0 Å². The summed E-state index contributed by atoms with van der Waals surface area (Å²) in [6, 6.07) is 22.1. The van der Waals surface area contributed by atoms with E-state index in [-0.39, 0.29) is 18.0 Å². The van der Waals surface area contributed by atoms with E-state index in [1.807, 2.05) is 67.6 Å². The molecule has 0 amide bonds. The van der Waals surface area contributed by atoms with Gasteiger partial charge in [0.25, 0.3) is 5.95 Å². The number of nitrogens with zero attached hydrogens (tertiary/aromatic N) is 1. The third-order valence-electron chi connectivity index (χ3n) is 4.37. The number of hydrogen-bond donors (Lipinski definition) is 0. The zero-order valence-corrected chi connectivity index (χ0v) is 14.4. The molecule has 0 bridgehead atoms. The molecule has 0 spiro atoms. The van der Waals surface area contributed by atoms with Gasteiger partial charge in [0, 0.05) is 12.3 Å². The summed E-state index contributed by atoms with van der Waals surface area (Å²) in [4.78, 5) is 0. The molecule has 0 N–H and O–H groups in total. The smallest absolute Gasteiger partial charge is 0.296 e. The third kappa shape index (κ3) is 3.84. The Morgan fingerprint density at radius 2 is 1.72 bits per heavy atom. The number of benzene rings is 2. The molecule has 1 aliphatic rings. The summed E-state index contributed by atoms with van der Waals surface area (Å²) in [5.74, 6) is 0.135. The van der Waals surface area contributed by atoms with Crippen molar-refractivity contribution in [3.8, 4) is 6.07 Å². The zero-order valence-electron chi connectivity index (χ0n) is 14.4. The van der Waals surface area contributed by atoms with Crippen molar-refractivity contribution in [3.05, 3.63) is 83.3 Å². The number of nitriles is 1. The molecule has 1 heterocycles. The van der Waals surface area contributed by atoms with Gasteiger partial charge in [-0.3, -0.25) is 0 Å². The third-order valence-corrected chi connectivity index (χ3v) is 4.37. The summed E-state index contributed by atoms with van der Waals surface area (Å²) < 4.78 is 17.2. The zero-order chi connectivity index (χ0) is 17.6. The van der Waals surface area contributed by atoms with Crippen LogP contribution in [-0.4, -0.2) is 13.4 Å². The lowest BCUT2D eigenvalue weighted by Crippen LogP contribution is -2.28. The summed E-state index contributed by atoms with van der Waals surface area (Å²) in [7, 11) is 1.51. The highest BCUT2D eigenvalue weighted by molar-refractivity contribution is 5.38. The molecule has 0 aliphatic carbocycles. The first-order valence-electron chi connectivity index (χ1n) is 8.33. The van der Waals surface area contributed by atoms with Crippen molar-refractivity contribution in [3.63, 3.8) is 0 Å². The van der Waals surface area contributed by atoms with Crippen molar-refractivity contribution in [1.82, 2.24) is 0 Å². The van der Waals surface area contributed by atoms with E-state index in [0.29, 0.717) is 12.0 Å². The molecule has 2 aromatic carbocycles.